The second-order valence-corrected chi connectivity index (χ2v) is 6.02. The summed E-state index contributed by atoms with van der Waals surface area (Å²) in [5, 5.41) is 0. The third kappa shape index (κ3) is 2.44. The molecule has 1 aromatic carbocycles. The topological polar surface area (TPSA) is 62.2 Å². The van der Waals surface area contributed by atoms with Crippen LogP contribution in [0.2, 0.25) is 0 Å². The molecule has 0 aliphatic carbocycles. The highest BCUT2D eigenvalue weighted by atomic mass is 16.5. The fourth-order valence-corrected chi connectivity index (χ4v) is 2.70. The van der Waals surface area contributed by atoms with Crippen molar-refractivity contribution in [3.63, 3.8) is 0 Å². The van der Waals surface area contributed by atoms with Gasteiger partial charge >= 0.3 is 0 Å². The molecule has 114 valence electrons. The average Bonchev–Trinajstić information content (AvgIpc) is 2.70. The molecule has 0 saturated heterocycles. The number of para-hydroxylation sites is 2. The van der Waals surface area contributed by atoms with E-state index in [1.165, 1.54) is 0 Å². The molecule has 0 aliphatic heterocycles. The van der Waals surface area contributed by atoms with Gasteiger partial charge in [-0.25, -0.2) is 4.68 Å². The first kappa shape index (κ1) is 15.2. The highest BCUT2D eigenvalue weighted by Crippen LogP contribution is 2.29. The number of nitrogens with zero attached hydrogens (tertiary/aromatic N) is 2. The SMILES string of the molecule is CCn1c(C(C)(C)C)c(N)c(=O)n1-c1ccccc1OC. The maximum absolute atomic E-state index is 12.6. The molecular formula is C16H23N3O2. The molecule has 1 aromatic heterocycles. The van der Waals surface area contributed by atoms with Crippen molar-refractivity contribution in [1.29, 1.82) is 0 Å². The van der Waals surface area contributed by atoms with Crippen molar-refractivity contribution in [3.05, 3.63) is 40.3 Å². The van der Waals surface area contributed by atoms with Crippen LogP contribution in [0, 0.1) is 0 Å². The van der Waals surface area contributed by atoms with Crippen molar-refractivity contribution in [2.24, 2.45) is 0 Å². The third-order valence-electron chi connectivity index (χ3n) is 3.50. The van der Waals surface area contributed by atoms with Crippen LogP contribution in [-0.2, 0) is 12.0 Å². The maximum atomic E-state index is 12.6. The maximum Gasteiger partial charge on any atom is 0.294 e. The molecule has 2 rings (SSSR count). The highest BCUT2D eigenvalue weighted by Gasteiger charge is 2.28. The lowest BCUT2D eigenvalue weighted by Crippen LogP contribution is -2.24. The summed E-state index contributed by atoms with van der Waals surface area (Å²) in [5.74, 6) is 0.646. The second-order valence-electron chi connectivity index (χ2n) is 6.02. The fourth-order valence-electron chi connectivity index (χ4n) is 2.70. The number of methoxy groups -OCH3 is 1. The minimum atomic E-state index is -0.216. The number of hydrogen-bond acceptors (Lipinski definition) is 3. The van der Waals surface area contributed by atoms with Crippen LogP contribution in [-0.4, -0.2) is 16.5 Å². The Morgan fingerprint density at radius 2 is 1.86 bits per heavy atom. The number of anilines is 1. The first-order valence-corrected chi connectivity index (χ1v) is 7.08. The van der Waals surface area contributed by atoms with Crippen LogP contribution < -0.4 is 16.0 Å². The lowest BCUT2D eigenvalue weighted by molar-refractivity contribution is 0.404. The molecule has 0 fully saturated rings. The monoisotopic (exact) mass is 289 g/mol. The van der Waals surface area contributed by atoms with Crippen molar-refractivity contribution in [2.75, 3.05) is 12.8 Å². The third-order valence-corrected chi connectivity index (χ3v) is 3.50. The summed E-state index contributed by atoms with van der Waals surface area (Å²) in [4.78, 5) is 12.6. The molecule has 0 aliphatic rings. The average molecular weight is 289 g/mol. The Morgan fingerprint density at radius 3 is 2.38 bits per heavy atom. The number of benzene rings is 1. The van der Waals surface area contributed by atoms with Gasteiger partial charge in [0, 0.05) is 12.0 Å². The minimum Gasteiger partial charge on any atom is -0.494 e. The minimum absolute atomic E-state index is 0.203. The van der Waals surface area contributed by atoms with E-state index < -0.39 is 0 Å². The van der Waals surface area contributed by atoms with E-state index in [0.717, 1.165) is 5.69 Å². The molecule has 5 nitrogen and oxygen atoms in total. The number of hydrogen-bond donors (Lipinski definition) is 1. The zero-order chi connectivity index (χ0) is 15.8. The summed E-state index contributed by atoms with van der Waals surface area (Å²) in [6.07, 6.45) is 0. The van der Waals surface area contributed by atoms with Crippen LogP contribution in [0.15, 0.2) is 29.1 Å². The van der Waals surface area contributed by atoms with E-state index in [0.29, 0.717) is 23.7 Å². The molecule has 0 saturated carbocycles. The Morgan fingerprint density at radius 1 is 1.24 bits per heavy atom. The van der Waals surface area contributed by atoms with Crippen LogP contribution in [0.25, 0.3) is 5.69 Å². The van der Waals surface area contributed by atoms with Crippen molar-refractivity contribution in [2.45, 2.75) is 39.7 Å². The van der Waals surface area contributed by atoms with Gasteiger partial charge < -0.3 is 10.5 Å². The highest BCUT2D eigenvalue weighted by molar-refractivity contribution is 5.52. The molecule has 5 heteroatoms. The van der Waals surface area contributed by atoms with Crippen LogP contribution in [0.3, 0.4) is 0 Å². The van der Waals surface area contributed by atoms with Gasteiger partial charge in [-0.2, -0.15) is 0 Å². The summed E-state index contributed by atoms with van der Waals surface area (Å²) >= 11 is 0. The Labute approximate surface area is 124 Å². The van der Waals surface area contributed by atoms with Gasteiger partial charge in [-0.1, -0.05) is 32.9 Å². The number of ether oxygens (including phenoxy) is 1. The standard InChI is InChI=1S/C16H23N3O2/c1-6-18-14(16(2,3)4)13(17)15(20)19(18)11-9-7-8-10-12(11)21-5/h7-10H,6,17H2,1-5H3. The molecule has 2 N–H and O–H groups in total. The molecule has 0 spiro atoms. The Balaban J connectivity index is 2.85. The molecular weight excluding hydrogens is 266 g/mol. The first-order valence-electron chi connectivity index (χ1n) is 7.08. The van der Waals surface area contributed by atoms with E-state index in [4.69, 9.17) is 10.5 Å². The van der Waals surface area contributed by atoms with Crippen molar-refractivity contribution in [3.8, 4) is 11.4 Å². The number of aromatic nitrogens is 2. The second kappa shape index (κ2) is 5.31. The van der Waals surface area contributed by atoms with Gasteiger partial charge in [-0.3, -0.25) is 9.48 Å². The Hall–Kier alpha value is -2.17. The lowest BCUT2D eigenvalue weighted by Gasteiger charge is -2.23. The Bertz CT molecular complexity index is 705. The van der Waals surface area contributed by atoms with Gasteiger partial charge in [0.05, 0.1) is 12.8 Å². The van der Waals surface area contributed by atoms with E-state index in [1.54, 1.807) is 11.8 Å². The zero-order valence-electron chi connectivity index (χ0n) is 13.3. The van der Waals surface area contributed by atoms with E-state index in [9.17, 15) is 4.79 Å². The predicted molar refractivity (Wildman–Crippen MR) is 85.4 cm³/mol. The molecule has 0 atom stereocenters. The summed E-state index contributed by atoms with van der Waals surface area (Å²) in [7, 11) is 1.59. The van der Waals surface area contributed by atoms with E-state index >= 15 is 0 Å². The smallest absolute Gasteiger partial charge is 0.294 e. The first-order chi connectivity index (χ1) is 9.82. The number of rotatable bonds is 3. The fraction of sp³-hybridized carbons (Fsp3) is 0.438. The lowest BCUT2D eigenvalue weighted by atomic mass is 9.91. The molecule has 2 aromatic rings. The summed E-state index contributed by atoms with van der Waals surface area (Å²) in [6, 6.07) is 7.45. The van der Waals surface area contributed by atoms with Crippen molar-refractivity contribution < 1.29 is 4.74 Å². The van der Waals surface area contributed by atoms with Crippen LogP contribution in [0.5, 0.6) is 5.75 Å². The molecule has 0 unspecified atom stereocenters. The normalized spacial score (nSPS) is 11.7. The van der Waals surface area contributed by atoms with Crippen LogP contribution in [0.4, 0.5) is 5.69 Å². The molecule has 21 heavy (non-hydrogen) atoms. The van der Waals surface area contributed by atoms with Gasteiger partial charge in [0.1, 0.15) is 17.1 Å². The molecule has 1 heterocycles. The van der Waals surface area contributed by atoms with Gasteiger partial charge in [-0.15, -0.1) is 0 Å². The predicted octanol–water partition coefficient (Wildman–Crippen LogP) is 2.55. The number of nitrogens with two attached hydrogens (primary N) is 1. The van der Waals surface area contributed by atoms with E-state index in [1.807, 2.05) is 35.9 Å². The molecule has 0 radical (unpaired) electrons. The molecule has 0 bridgehead atoms. The largest absolute Gasteiger partial charge is 0.494 e. The summed E-state index contributed by atoms with van der Waals surface area (Å²) < 4.78 is 8.91. The van der Waals surface area contributed by atoms with Gasteiger partial charge in [0.2, 0.25) is 0 Å². The van der Waals surface area contributed by atoms with E-state index in [2.05, 4.69) is 20.8 Å². The van der Waals surface area contributed by atoms with Gasteiger partial charge in [0.15, 0.2) is 0 Å². The zero-order valence-corrected chi connectivity index (χ0v) is 13.3. The van der Waals surface area contributed by atoms with Gasteiger partial charge in [0.25, 0.3) is 5.56 Å². The summed E-state index contributed by atoms with van der Waals surface area (Å²) in [5.41, 5.74) is 7.53. The number of nitrogen functional groups attached to an aromatic ring is 1. The molecule has 0 amide bonds. The van der Waals surface area contributed by atoms with Crippen molar-refractivity contribution >= 4 is 5.69 Å². The van der Waals surface area contributed by atoms with E-state index in [-0.39, 0.29) is 11.0 Å². The Kier molecular flexibility index (Phi) is 3.85. The quantitative estimate of drug-likeness (QED) is 0.944. The van der Waals surface area contributed by atoms with Crippen LogP contribution in [0.1, 0.15) is 33.4 Å². The van der Waals surface area contributed by atoms with Crippen molar-refractivity contribution in [1.82, 2.24) is 9.36 Å². The summed E-state index contributed by atoms with van der Waals surface area (Å²) in [6.45, 7) is 8.81. The van der Waals surface area contributed by atoms with Gasteiger partial charge in [-0.05, 0) is 19.1 Å². The van der Waals surface area contributed by atoms with Crippen LogP contribution >= 0.6 is 0 Å².